The smallest absolute Gasteiger partial charge is 0.234 e. The van der Waals surface area contributed by atoms with E-state index in [1.807, 2.05) is 26.0 Å². The minimum atomic E-state index is 0.0894. The van der Waals surface area contributed by atoms with Gasteiger partial charge >= 0.3 is 0 Å². The highest BCUT2D eigenvalue weighted by molar-refractivity contribution is 5.80. The van der Waals surface area contributed by atoms with Crippen molar-refractivity contribution < 1.29 is 9.53 Å². The summed E-state index contributed by atoms with van der Waals surface area (Å²) in [6, 6.07) is 3.92. The summed E-state index contributed by atoms with van der Waals surface area (Å²) in [6.45, 7) is 11.8. The third-order valence-corrected chi connectivity index (χ3v) is 4.08. The molecule has 0 radical (unpaired) electrons. The van der Waals surface area contributed by atoms with E-state index < -0.39 is 0 Å². The van der Waals surface area contributed by atoms with Crippen molar-refractivity contribution in [2.45, 2.75) is 26.8 Å². The quantitative estimate of drug-likeness (QED) is 0.392. The first kappa shape index (κ1) is 21.0. The lowest BCUT2D eigenvalue weighted by molar-refractivity contribution is -0.123. The number of aromatic nitrogens is 1. The van der Waals surface area contributed by atoms with Crippen molar-refractivity contribution >= 4 is 11.9 Å². The Morgan fingerprint density at radius 2 is 2.11 bits per heavy atom. The standard InChI is InChI=1S/C19H32N6O2/c1-4-21-19(22-8-13-27-17-6-5-7-20-14-17)25-11-9-24(10-12-25)15-18(26)23-16(2)3/h5-7,14,16H,4,8-13,15H2,1-3H3,(H,21,22)(H,23,26). The van der Waals surface area contributed by atoms with Crippen LogP contribution in [-0.2, 0) is 4.79 Å². The summed E-state index contributed by atoms with van der Waals surface area (Å²) >= 11 is 0. The fraction of sp³-hybridized carbons (Fsp3) is 0.632. The summed E-state index contributed by atoms with van der Waals surface area (Å²) in [5.74, 6) is 1.75. The zero-order valence-electron chi connectivity index (χ0n) is 16.6. The van der Waals surface area contributed by atoms with Crippen molar-refractivity contribution in [3.8, 4) is 5.75 Å². The first-order valence-corrected chi connectivity index (χ1v) is 9.66. The van der Waals surface area contributed by atoms with Crippen molar-refractivity contribution in [3.63, 3.8) is 0 Å². The van der Waals surface area contributed by atoms with Crippen LogP contribution in [0.15, 0.2) is 29.5 Å². The van der Waals surface area contributed by atoms with Crippen molar-refractivity contribution in [2.24, 2.45) is 4.99 Å². The lowest BCUT2D eigenvalue weighted by Gasteiger charge is -2.36. The van der Waals surface area contributed by atoms with Gasteiger partial charge in [-0.3, -0.25) is 14.7 Å². The Labute approximate surface area is 162 Å². The maximum Gasteiger partial charge on any atom is 0.234 e. The van der Waals surface area contributed by atoms with Gasteiger partial charge in [-0.05, 0) is 32.9 Å². The maximum absolute atomic E-state index is 11.9. The van der Waals surface area contributed by atoms with Crippen LogP contribution in [0.3, 0.4) is 0 Å². The van der Waals surface area contributed by atoms with E-state index in [0.717, 1.165) is 44.4 Å². The first-order chi connectivity index (χ1) is 13.1. The van der Waals surface area contributed by atoms with Crippen molar-refractivity contribution in [1.82, 2.24) is 25.4 Å². The summed E-state index contributed by atoms with van der Waals surface area (Å²) in [4.78, 5) is 25.0. The van der Waals surface area contributed by atoms with Gasteiger partial charge in [0.05, 0.1) is 19.3 Å². The number of carbonyl (C=O) groups excluding carboxylic acids is 1. The molecule has 1 amide bonds. The van der Waals surface area contributed by atoms with Gasteiger partial charge in [0, 0.05) is 45.0 Å². The number of carbonyl (C=O) groups is 1. The lowest BCUT2D eigenvalue weighted by Crippen LogP contribution is -2.54. The van der Waals surface area contributed by atoms with E-state index in [9.17, 15) is 4.79 Å². The number of hydrogen-bond acceptors (Lipinski definition) is 5. The van der Waals surface area contributed by atoms with Gasteiger partial charge in [-0.2, -0.15) is 0 Å². The van der Waals surface area contributed by atoms with Crippen LogP contribution in [0.25, 0.3) is 0 Å². The molecular formula is C19H32N6O2. The second kappa shape index (κ2) is 11.4. The minimum absolute atomic E-state index is 0.0894. The van der Waals surface area contributed by atoms with Crippen LogP contribution in [0.2, 0.25) is 0 Å². The Morgan fingerprint density at radius 1 is 1.33 bits per heavy atom. The number of pyridine rings is 1. The third-order valence-electron chi connectivity index (χ3n) is 4.08. The van der Waals surface area contributed by atoms with E-state index in [2.05, 4.69) is 37.3 Å². The van der Waals surface area contributed by atoms with Crippen molar-refractivity contribution in [3.05, 3.63) is 24.5 Å². The molecule has 0 bridgehead atoms. The summed E-state index contributed by atoms with van der Waals surface area (Å²) in [5.41, 5.74) is 0. The van der Waals surface area contributed by atoms with E-state index in [0.29, 0.717) is 19.7 Å². The van der Waals surface area contributed by atoms with Gasteiger partial charge in [0.25, 0.3) is 0 Å². The number of rotatable bonds is 8. The van der Waals surface area contributed by atoms with Crippen LogP contribution in [0, 0.1) is 0 Å². The predicted octanol–water partition coefficient (Wildman–Crippen LogP) is 0.568. The monoisotopic (exact) mass is 376 g/mol. The number of aliphatic imine (C=N–C) groups is 1. The molecule has 2 heterocycles. The van der Waals surface area contributed by atoms with E-state index in [1.54, 1.807) is 12.4 Å². The number of guanidine groups is 1. The van der Waals surface area contributed by atoms with Gasteiger partial charge in [0.1, 0.15) is 12.4 Å². The van der Waals surface area contributed by atoms with Crippen LogP contribution in [0.1, 0.15) is 20.8 Å². The molecule has 8 heteroatoms. The number of amides is 1. The molecule has 8 nitrogen and oxygen atoms in total. The Kier molecular flexibility index (Phi) is 8.83. The van der Waals surface area contributed by atoms with Crippen LogP contribution in [0.5, 0.6) is 5.75 Å². The van der Waals surface area contributed by atoms with Gasteiger partial charge < -0.3 is 20.3 Å². The summed E-state index contributed by atoms with van der Waals surface area (Å²) < 4.78 is 5.65. The van der Waals surface area contributed by atoms with Gasteiger partial charge in [-0.1, -0.05) is 0 Å². The highest BCUT2D eigenvalue weighted by atomic mass is 16.5. The zero-order valence-corrected chi connectivity index (χ0v) is 16.6. The molecule has 0 aromatic carbocycles. The van der Waals surface area contributed by atoms with Crippen molar-refractivity contribution in [1.29, 1.82) is 0 Å². The SMILES string of the molecule is CCNC(=NCCOc1cccnc1)N1CCN(CC(=O)NC(C)C)CC1. The first-order valence-electron chi connectivity index (χ1n) is 9.66. The molecule has 0 atom stereocenters. The Balaban J connectivity index is 1.76. The number of nitrogens with zero attached hydrogens (tertiary/aromatic N) is 4. The van der Waals surface area contributed by atoms with Gasteiger partial charge in [-0.25, -0.2) is 4.99 Å². The van der Waals surface area contributed by atoms with Gasteiger partial charge in [0.15, 0.2) is 5.96 Å². The predicted molar refractivity (Wildman–Crippen MR) is 107 cm³/mol. The maximum atomic E-state index is 11.9. The zero-order chi connectivity index (χ0) is 19.5. The summed E-state index contributed by atoms with van der Waals surface area (Å²) in [6.07, 6.45) is 3.42. The molecule has 2 N–H and O–H groups in total. The second-order valence-electron chi connectivity index (χ2n) is 6.76. The minimum Gasteiger partial charge on any atom is -0.490 e. The Hall–Kier alpha value is -2.35. The van der Waals surface area contributed by atoms with Crippen LogP contribution >= 0.6 is 0 Å². The molecule has 1 aliphatic rings. The second-order valence-corrected chi connectivity index (χ2v) is 6.76. The molecule has 27 heavy (non-hydrogen) atoms. The molecule has 1 aromatic heterocycles. The number of nitrogens with one attached hydrogen (secondary N) is 2. The van der Waals surface area contributed by atoms with E-state index in [1.165, 1.54) is 0 Å². The molecule has 0 unspecified atom stereocenters. The molecule has 0 saturated carbocycles. The lowest BCUT2D eigenvalue weighted by atomic mass is 10.3. The highest BCUT2D eigenvalue weighted by Gasteiger charge is 2.21. The molecule has 1 aromatic rings. The molecular weight excluding hydrogens is 344 g/mol. The summed E-state index contributed by atoms with van der Waals surface area (Å²) in [5, 5.41) is 6.29. The normalized spacial score (nSPS) is 15.7. The van der Waals surface area contributed by atoms with E-state index >= 15 is 0 Å². The average Bonchev–Trinajstić information content (AvgIpc) is 2.65. The highest BCUT2D eigenvalue weighted by Crippen LogP contribution is 2.06. The van der Waals surface area contributed by atoms with Gasteiger partial charge in [0.2, 0.25) is 5.91 Å². The topological polar surface area (TPSA) is 82.1 Å². The van der Waals surface area contributed by atoms with Crippen LogP contribution in [-0.4, -0.2) is 85.1 Å². The number of piperazine rings is 1. The van der Waals surface area contributed by atoms with Gasteiger partial charge in [-0.15, -0.1) is 0 Å². The fourth-order valence-corrected chi connectivity index (χ4v) is 2.86. The molecule has 1 fully saturated rings. The van der Waals surface area contributed by atoms with E-state index in [-0.39, 0.29) is 11.9 Å². The third kappa shape index (κ3) is 7.82. The molecule has 0 spiro atoms. The van der Waals surface area contributed by atoms with E-state index in [4.69, 9.17) is 4.74 Å². The fourth-order valence-electron chi connectivity index (χ4n) is 2.86. The molecule has 1 saturated heterocycles. The Bertz CT molecular complexity index is 585. The number of hydrogen-bond donors (Lipinski definition) is 2. The van der Waals surface area contributed by atoms with Crippen molar-refractivity contribution in [2.75, 3.05) is 52.4 Å². The largest absolute Gasteiger partial charge is 0.490 e. The molecule has 150 valence electrons. The average molecular weight is 377 g/mol. The van der Waals surface area contributed by atoms with Crippen LogP contribution < -0.4 is 15.4 Å². The molecule has 0 aliphatic carbocycles. The Morgan fingerprint density at radius 3 is 2.74 bits per heavy atom. The van der Waals surface area contributed by atoms with Crippen LogP contribution in [0.4, 0.5) is 0 Å². The molecule has 2 rings (SSSR count). The molecule has 1 aliphatic heterocycles. The summed E-state index contributed by atoms with van der Waals surface area (Å²) in [7, 11) is 0. The number of ether oxygens (including phenoxy) is 1.